The molecular weight excluding hydrogens is 617 g/mol. The average Bonchev–Trinajstić information content (AvgIpc) is 3.13. The molecule has 0 saturated heterocycles. The molecule has 0 aromatic heterocycles. The van der Waals surface area contributed by atoms with Crippen molar-refractivity contribution in [2.24, 2.45) is 22.0 Å². The molecule has 0 bridgehead atoms. The highest BCUT2D eigenvalue weighted by molar-refractivity contribution is 5.94. The van der Waals surface area contributed by atoms with E-state index in [4.69, 9.17) is 25.4 Å². The molecule has 268 valence electrons. The summed E-state index contributed by atoms with van der Waals surface area (Å²) in [5, 5.41) is 7.53. The van der Waals surface area contributed by atoms with E-state index in [1.165, 1.54) is 17.5 Å². The van der Waals surface area contributed by atoms with Crippen LogP contribution in [0.2, 0.25) is 0 Å². The van der Waals surface area contributed by atoms with Crippen molar-refractivity contribution in [1.29, 1.82) is 5.41 Å². The Hall–Kier alpha value is -4.25. The number of nitrogen functional groups attached to an aromatic ring is 1. The summed E-state index contributed by atoms with van der Waals surface area (Å²) in [6, 6.07) is 32.7. The molecule has 5 rings (SSSR count). The van der Waals surface area contributed by atoms with Crippen LogP contribution >= 0.6 is 0 Å². The first-order valence-electron chi connectivity index (χ1n) is 18.2. The summed E-state index contributed by atoms with van der Waals surface area (Å²) in [6.07, 6.45) is 3.60. The lowest BCUT2D eigenvalue weighted by Crippen LogP contribution is -2.37. The van der Waals surface area contributed by atoms with Gasteiger partial charge in [-0.2, -0.15) is 0 Å². The topological polar surface area (TPSA) is 77.6 Å². The van der Waals surface area contributed by atoms with Crippen molar-refractivity contribution in [3.63, 3.8) is 0 Å². The van der Waals surface area contributed by atoms with E-state index >= 15 is 0 Å². The number of hydrogen-bond acceptors (Lipinski definition) is 4. The third-order valence-corrected chi connectivity index (χ3v) is 9.90. The third kappa shape index (κ3) is 10.2. The third-order valence-electron chi connectivity index (χ3n) is 9.90. The van der Waals surface area contributed by atoms with Gasteiger partial charge in [-0.3, -0.25) is 5.41 Å². The Balaban J connectivity index is 0.00000276. The predicted molar refractivity (Wildman–Crippen MR) is 209 cm³/mol. The highest BCUT2D eigenvalue weighted by Gasteiger charge is 2.45. The molecule has 0 amide bonds. The first kappa shape index (κ1) is 38.6. The molecule has 1 atom stereocenters. The predicted octanol–water partition coefficient (Wildman–Crippen LogP) is 11.5. The minimum atomic E-state index is -0.175. The quantitative estimate of drug-likeness (QED) is 0.0941. The van der Waals surface area contributed by atoms with Crippen LogP contribution in [-0.4, -0.2) is 11.9 Å². The van der Waals surface area contributed by atoms with Gasteiger partial charge in [-0.1, -0.05) is 112 Å². The highest BCUT2D eigenvalue weighted by Crippen LogP contribution is 2.51. The van der Waals surface area contributed by atoms with Gasteiger partial charge in [-0.05, 0) is 107 Å². The molecule has 1 aliphatic carbocycles. The van der Waals surface area contributed by atoms with Gasteiger partial charge in [0, 0.05) is 16.4 Å². The Morgan fingerprint density at radius 2 is 1.14 bits per heavy atom. The van der Waals surface area contributed by atoms with Crippen molar-refractivity contribution in [2.75, 3.05) is 0 Å². The summed E-state index contributed by atoms with van der Waals surface area (Å²) in [7, 11) is 0. The maximum Gasteiger partial charge on any atom is 0.122 e. The van der Waals surface area contributed by atoms with Crippen LogP contribution in [0.1, 0.15) is 116 Å². The Kier molecular flexibility index (Phi) is 12.1. The molecule has 1 unspecified atom stereocenters. The molecule has 4 aromatic rings. The van der Waals surface area contributed by atoms with E-state index in [2.05, 4.69) is 116 Å². The van der Waals surface area contributed by atoms with Gasteiger partial charge in [0.1, 0.15) is 42.4 Å². The molecule has 1 saturated carbocycles. The van der Waals surface area contributed by atoms with Crippen LogP contribution in [0.5, 0.6) is 17.2 Å². The molecule has 4 aromatic carbocycles. The van der Waals surface area contributed by atoms with Crippen LogP contribution in [0.3, 0.4) is 0 Å². The van der Waals surface area contributed by atoms with Gasteiger partial charge in [0.25, 0.3) is 0 Å². The molecule has 50 heavy (non-hydrogen) atoms. The Morgan fingerprint density at radius 1 is 0.680 bits per heavy atom. The van der Waals surface area contributed by atoms with Crippen molar-refractivity contribution in [3.8, 4) is 17.2 Å². The number of rotatable bonds is 11. The second kappa shape index (κ2) is 15.7. The van der Waals surface area contributed by atoms with E-state index in [-0.39, 0.29) is 28.2 Å². The second-order valence-corrected chi connectivity index (χ2v) is 16.5. The zero-order chi connectivity index (χ0) is 36.7. The monoisotopic (exact) mass is 676 g/mol. The van der Waals surface area contributed by atoms with E-state index < -0.39 is 0 Å². The van der Waals surface area contributed by atoms with E-state index in [1.54, 1.807) is 12.1 Å². The normalized spacial score (nSPS) is 17.8. The summed E-state index contributed by atoms with van der Waals surface area (Å²) >= 11 is 0. The summed E-state index contributed by atoms with van der Waals surface area (Å²) < 4.78 is 18.9. The number of nitrogens with two attached hydrogens (primary N) is 1. The van der Waals surface area contributed by atoms with Gasteiger partial charge in [0.05, 0.1) is 0 Å². The Morgan fingerprint density at radius 3 is 1.62 bits per heavy atom. The fourth-order valence-electron chi connectivity index (χ4n) is 7.88. The maximum atomic E-state index is 7.53. The largest absolute Gasteiger partial charge is 0.490 e. The van der Waals surface area contributed by atoms with Crippen LogP contribution in [0.15, 0.2) is 97.1 Å². The Bertz CT molecular complexity index is 1680. The summed E-state index contributed by atoms with van der Waals surface area (Å²) in [4.78, 5) is 0. The number of nitrogens with one attached hydrogen (secondary N) is 1. The van der Waals surface area contributed by atoms with E-state index in [0.29, 0.717) is 24.2 Å². The van der Waals surface area contributed by atoms with Crippen LogP contribution < -0.4 is 19.9 Å². The van der Waals surface area contributed by atoms with Crippen molar-refractivity contribution < 1.29 is 14.2 Å². The van der Waals surface area contributed by atoms with Crippen molar-refractivity contribution in [3.05, 3.63) is 125 Å². The SMILES string of the molecule is CC.CC1(C)CC(Oc2ccc(C(C)(C)c3ccc(OCc4cccc(COc5ccc(C(=N)N)cc5)c4)cc3)cc2)C(C)(C)CC(C)(C)C1. The zero-order valence-corrected chi connectivity index (χ0v) is 32.2. The van der Waals surface area contributed by atoms with Crippen LogP contribution in [-0.2, 0) is 18.6 Å². The van der Waals surface area contributed by atoms with Crippen LogP contribution in [0.4, 0.5) is 0 Å². The number of benzene rings is 4. The molecule has 5 nitrogen and oxygen atoms in total. The molecule has 1 aliphatic rings. The van der Waals surface area contributed by atoms with Gasteiger partial charge in [0.2, 0.25) is 0 Å². The van der Waals surface area contributed by atoms with Gasteiger partial charge in [0.15, 0.2) is 0 Å². The molecule has 0 spiro atoms. The summed E-state index contributed by atoms with van der Waals surface area (Å²) in [6.45, 7) is 23.8. The lowest BCUT2D eigenvalue weighted by molar-refractivity contribution is 0.0403. The number of ether oxygens (including phenoxy) is 3. The molecule has 3 N–H and O–H groups in total. The molecule has 0 radical (unpaired) electrons. The van der Waals surface area contributed by atoms with Crippen LogP contribution in [0.25, 0.3) is 0 Å². The molecule has 0 heterocycles. The minimum Gasteiger partial charge on any atom is -0.490 e. The summed E-state index contributed by atoms with van der Waals surface area (Å²) in [5.41, 5.74) is 11.3. The first-order chi connectivity index (χ1) is 23.5. The van der Waals surface area contributed by atoms with E-state index in [9.17, 15) is 0 Å². The molecular formula is C45H60N2O3. The molecule has 5 heteroatoms. The van der Waals surface area contributed by atoms with Gasteiger partial charge < -0.3 is 19.9 Å². The first-order valence-corrected chi connectivity index (χ1v) is 18.2. The Labute approximate surface area is 302 Å². The van der Waals surface area contributed by atoms with Gasteiger partial charge >= 0.3 is 0 Å². The standard InChI is InChI=1S/C43H54N2O3.C2H6/c1-40(2)25-38(42(5,6)29-41(3,4)28-40)48-37-22-16-34(17-23-37)43(7,8)33-14-20-36(21-15-33)47-27-31-11-9-10-30(24-31)26-46-35-18-12-32(13-19-35)39(44)45;1-2/h9-24,38H,25-29H2,1-8H3,(H3,44,45);1-2H3. The van der Waals surface area contributed by atoms with Gasteiger partial charge in [-0.15, -0.1) is 0 Å². The molecule has 1 fully saturated rings. The zero-order valence-electron chi connectivity index (χ0n) is 32.2. The minimum absolute atomic E-state index is 0.0473. The number of amidine groups is 1. The smallest absolute Gasteiger partial charge is 0.122 e. The van der Waals surface area contributed by atoms with Crippen molar-refractivity contribution in [2.45, 2.75) is 113 Å². The number of hydrogen-bond donors (Lipinski definition) is 2. The van der Waals surface area contributed by atoms with Crippen molar-refractivity contribution >= 4 is 5.84 Å². The average molecular weight is 677 g/mol. The second-order valence-electron chi connectivity index (χ2n) is 16.5. The fourth-order valence-corrected chi connectivity index (χ4v) is 7.88. The highest BCUT2D eigenvalue weighted by atomic mass is 16.5. The fraction of sp³-hybridized carbons (Fsp3) is 0.444. The van der Waals surface area contributed by atoms with E-state index in [0.717, 1.165) is 41.2 Å². The van der Waals surface area contributed by atoms with Crippen LogP contribution in [0, 0.1) is 21.7 Å². The van der Waals surface area contributed by atoms with Crippen molar-refractivity contribution in [1.82, 2.24) is 0 Å². The lowest BCUT2D eigenvalue weighted by Gasteiger charge is -2.37. The lowest BCUT2D eigenvalue weighted by atomic mass is 9.71. The molecule has 0 aliphatic heterocycles. The van der Waals surface area contributed by atoms with Gasteiger partial charge in [-0.25, -0.2) is 0 Å². The maximum absolute atomic E-state index is 7.53. The van der Waals surface area contributed by atoms with E-state index in [1.807, 2.05) is 38.1 Å². The summed E-state index contributed by atoms with van der Waals surface area (Å²) in [5.74, 6) is 2.57.